The number of carbonyl (C=O) groups is 1. The highest BCUT2D eigenvalue weighted by molar-refractivity contribution is 5.71. The van der Waals surface area contributed by atoms with Gasteiger partial charge in [-0.05, 0) is 43.7 Å². The summed E-state index contributed by atoms with van der Waals surface area (Å²) in [6, 6.07) is 12.9. The number of benzene rings is 2. The van der Waals surface area contributed by atoms with E-state index in [-0.39, 0.29) is 13.2 Å². The smallest absolute Gasteiger partial charge is 0.344 e. The Morgan fingerprint density at radius 3 is 2.29 bits per heavy atom. The van der Waals surface area contributed by atoms with E-state index in [0.717, 1.165) is 16.7 Å². The van der Waals surface area contributed by atoms with Gasteiger partial charge in [-0.2, -0.15) is 0 Å². The van der Waals surface area contributed by atoms with Crippen molar-refractivity contribution in [3.63, 3.8) is 0 Å². The van der Waals surface area contributed by atoms with Gasteiger partial charge in [-0.25, -0.2) is 4.79 Å². The maximum Gasteiger partial charge on any atom is 0.344 e. The molecule has 0 amide bonds. The zero-order chi connectivity index (χ0) is 15.2. The van der Waals surface area contributed by atoms with Gasteiger partial charge in [0.05, 0.1) is 0 Å². The third kappa shape index (κ3) is 4.84. The number of aryl methyl sites for hydroxylation is 2. The van der Waals surface area contributed by atoms with Crippen LogP contribution in [0, 0.1) is 13.8 Å². The Labute approximate surface area is 124 Å². The van der Waals surface area contributed by atoms with Gasteiger partial charge in [0.15, 0.2) is 6.61 Å². The van der Waals surface area contributed by atoms with Crippen LogP contribution < -0.4 is 10.5 Å². The van der Waals surface area contributed by atoms with E-state index < -0.39 is 5.97 Å². The van der Waals surface area contributed by atoms with Crippen molar-refractivity contribution in [2.75, 3.05) is 12.3 Å². The van der Waals surface area contributed by atoms with Gasteiger partial charge >= 0.3 is 5.97 Å². The predicted molar refractivity (Wildman–Crippen MR) is 82.1 cm³/mol. The van der Waals surface area contributed by atoms with Gasteiger partial charge in [0.25, 0.3) is 0 Å². The molecule has 0 saturated heterocycles. The Morgan fingerprint density at radius 2 is 1.67 bits per heavy atom. The van der Waals surface area contributed by atoms with E-state index in [9.17, 15) is 4.79 Å². The SMILES string of the molecule is Cc1cc(C)cc(COC(=O)COc2ccc(N)cc2)c1. The maximum atomic E-state index is 11.7. The van der Waals surface area contributed by atoms with Crippen molar-refractivity contribution in [2.45, 2.75) is 20.5 Å². The summed E-state index contributed by atoms with van der Waals surface area (Å²) in [5.41, 5.74) is 9.51. The van der Waals surface area contributed by atoms with E-state index in [1.165, 1.54) is 0 Å². The topological polar surface area (TPSA) is 61.5 Å². The van der Waals surface area contributed by atoms with Crippen molar-refractivity contribution >= 4 is 11.7 Å². The van der Waals surface area contributed by atoms with Gasteiger partial charge in [-0.1, -0.05) is 29.3 Å². The summed E-state index contributed by atoms with van der Waals surface area (Å²) in [7, 11) is 0. The summed E-state index contributed by atoms with van der Waals surface area (Å²) in [6.07, 6.45) is 0. The van der Waals surface area contributed by atoms with Crippen molar-refractivity contribution < 1.29 is 14.3 Å². The van der Waals surface area contributed by atoms with E-state index in [0.29, 0.717) is 11.4 Å². The largest absolute Gasteiger partial charge is 0.482 e. The van der Waals surface area contributed by atoms with E-state index in [4.69, 9.17) is 15.2 Å². The Bertz CT molecular complexity index is 600. The third-order valence-electron chi connectivity index (χ3n) is 2.92. The maximum absolute atomic E-state index is 11.7. The van der Waals surface area contributed by atoms with Crippen molar-refractivity contribution in [1.29, 1.82) is 0 Å². The van der Waals surface area contributed by atoms with Gasteiger partial charge in [-0.3, -0.25) is 0 Å². The number of carbonyl (C=O) groups excluding carboxylic acids is 1. The summed E-state index contributed by atoms with van der Waals surface area (Å²) >= 11 is 0. The molecule has 0 aliphatic rings. The summed E-state index contributed by atoms with van der Waals surface area (Å²) in [5.74, 6) is 0.193. The number of esters is 1. The van der Waals surface area contributed by atoms with Crippen LogP contribution in [0.2, 0.25) is 0 Å². The second-order valence-electron chi connectivity index (χ2n) is 5.01. The van der Waals surface area contributed by atoms with Gasteiger partial charge in [-0.15, -0.1) is 0 Å². The molecule has 4 nitrogen and oxygen atoms in total. The molecule has 0 bridgehead atoms. The van der Waals surface area contributed by atoms with Crippen LogP contribution in [0.3, 0.4) is 0 Å². The molecule has 2 aromatic carbocycles. The minimum atomic E-state index is -0.397. The van der Waals surface area contributed by atoms with Crippen LogP contribution in [0.1, 0.15) is 16.7 Å². The predicted octanol–water partition coefficient (Wildman–Crippen LogP) is 3.01. The lowest BCUT2D eigenvalue weighted by Crippen LogP contribution is -2.14. The Balaban J connectivity index is 1.80. The monoisotopic (exact) mass is 285 g/mol. The molecule has 0 heterocycles. The molecule has 2 rings (SSSR count). The minimum Gasteiger partial charge on any atom is -0.482 e. The van der Waals surface area contributed by atoms with Crippen LogP contribution in [-0.4, -0.2) is 12.6 Å². The summed E-state index contributed by atoms with van der Waals surface area (Å²) in [4.78, 5) is 11.7. The normalized spacial score (nSPS) is 10.2. The second kappa shape index (κ2) is 6.79. The molecule has 0 aliphatic carbocycles. The van der Waals surface area contributed by atoms with E-state index in [1.807, 2.05) is 26.0 Å². The molecule has 4 heteroatoms. The molecule has 0 unspecified atom stereocenters. The van der Waals surface area contributed by atoms with Crippen molar-refractivity contribution in [2.24, 2.45) is 0 Å². The average molecular weight is 285 g/mol. The van der Waals surface area contributed by atoms with Gasteiger partial charge in [0, 0.05) is 5.69 Å². The lowest BCUT2D eigenvalue weighted by molar-refractivity contribution is -0.147. The molecule has 21 heavy (non-hydrogen) atoms. The molecule has 0 aliphatic heterocycles. The number of nitrogens with two attached hydrogens (primary N) is 1. The van der Waals surface area contributed by atoms with Gasteiger partial charge in [0.2, 0.25) is 0 Å². The Kier molecular flexibility index (Phi) is 4.82. The minimum absolute atomic E-state index is 0.116. The Hall–Kier alpha value is -2.49. The molecular weight excluding hydrogens is 266 g/mol. The van der Waals surface area contributed by atoms with Crippen LogP contribution in [0.15, 0.2) is 42.5 Å². The lowest BCUT2D eigenvalue weighted by atomic mass is 10.1. The Morgan fingerprint density at radius 1 is 1.05 bits per heavy atom. The first-order chi connectivity index (χ1) is 10.0. The molecule has 0 aromatic heterocycles. The fraction of sp³-hybridized carbons (Fsp3) is 0.235. The highest BCUT2D eigenvalue weighted by Crippen LogP contribution is 2.13. The van der Waals surface area contributed by atoms with Crippen molar-refractivity contribution in [3.8, 4) is 5.75 Å². The molecule has 0 spiro atoms. The van der Waals surface area contributed by atoms with Crippen LogP contribution in [0.5, 0.6) is 5.75 Å². The number of hydrogen-bond donors (Lipinski definition) is 1. The average Bonchev–Trinajstić information content (AvgIpc) is 2.43. The van der Waals surface area contributed by atoms with E-state index in [1.54, 1.807) is 24.3 Å². The summed E-state index contributed by atoms with van der Waals surface area (Å²) in [6.45, 7) is 4.17. The van der Waals surface area contributed by atoms with Crippen LogP contribution in [0.4, 0.5) is 5.69 Å². The van der Waals surface area contributed by atoms with E-state index in [2.05, 4.69) is 6.07 Å². The molecule has 0 saturated carbocycles. The van der Waals surface area contributed by atoms with Gasteiger partial charge in [0.1, 0.15) is 12.4 Å². The number of nitrogen functional groups attached to an aromatic ring is 1. The fourth-order valence-electron chi connectivity index (χ4n) is 2.06. The number of anilines is 1. The third-order valence-corrected chi connectivity index (χ3v) is 2.92. The van der Waals surface area contributed by atoms with E-state index >= 15 is 0 Å². The lowest BCUT2D eigenvalue weighted by Gasteiger charge is -2.08. The second-order valence-corrected chi connectivity index (χ2v) is 5.01. The molecule has 0 atom stereocenters. The number of hydrogen-bond acceptors (Lipinski definition) is 4. The van der Waals surface area contributed by atoms with Crippen LogP contribution in [0.25, 0.3) is 0 Å². The van der Waals surface area contributed by atoms with Crippen LogP contribution >= 0.6 is 0 Å². The zero-order valence-corrected chi connectivity index (χ0v) is 12.3. The first-order valence-electron chi connectivity index (χ1n) is 6.74. The number of rotatable bonds is 5. The molecule has 0 fully saturated rings. The fourth-order valence-corrected chi connectivity index (χ4v) is 2.06. The molecule has 110 valence electrons. The quantitative estimate of drug-likeness (QED) is 0.677. The molecule has 2 N–H and O–H groups in total. The number of ether oxygens (including phenoxy) is 2. The highest BCUT2D eigenvalue weighted by Gasteiger charge is 2.05. The molecular formula is C17H19NO3. The van der Waals surface area contributed by atoms with Crippen molar-refractivity contribution in [1.82, 2.24) is 0 Å². The van der Waals surface area contributed by atoms with Crippen molar-refractivity contribution in [3.05, 3.63) is 59.2 Å². The summed E-state index contributed by atoms with van der Waals surface area (Å²) in [5, 5.41) is 0. The first-order valence-corrected chi connectivity index (χ1v) is 6.74. The van der Waals surface area contributed by atoms with Crippen LogP contribution in [-0.2, 0) is 16.1 Å². The molecule has 2 aromatic rings. The van der Waals surface area contributed by atoms with Gasteiger partial charge < -0.3 is 15.2 Å². The summed E-state index contributed by atoms with van der Waals surface area (Å²) < 4.78 is 10.5. The zero-order valence-electron chi connectivity index (χ0n) is 12.3. The standard InChI is InChI=1S/C17H19NO3/c1-12-7-13(2)9-14(8-12)10-21-17(19)11-20-16-5-3-15(18)4-6-16/h3-9H,10-11,18H2,1-2H3. The highest BCUT2D eigenvalue weighted by atomic mass is 16.6. The first kappa shape index (κ1) is 14.9. The molecule has 0 radical (unpaired) electrons.